The number of carbonyl (C=O) groups excluding carboxylic acids is 1. The maximum Gasteiger partial charge on any atom is 0.324 e. The highest BCUT2D eigenvalue weighted by molar-refractivity contribution is 5.94. The van der Waals surface area contributed by atoms with E-state index < -0.39 is 0 Å². The molecule has 0 aromatic heterocycles. The molecule has 1 fully saturated rings. The molecule has 18 heavy (non-hydrogen) atoms. The van der Waals surface area contributed by atoms with Crippen LogP contribution in [0.5, 0.6) is 0 Å². The number of hydrogen-bond donors (Lipinski definition) is 1. The number of amides is 2. The molecule has 0 atom stereocenters. The number of aliphatic hydroxyl groups excluding tert-OH is 1. The second-order valence-electron chi connectivity index (χ2n) is 5.45. The molecule has 98 valence electrons. The summed E-state index contributed by atoms with van der Waals surface area (Å²) < 4.78 is 0. The summed E-state index contributed by atoms with van der Waals surface area (Å²) in [5.74, 6) is 0. The van der Waals surface area contributed by atoms with Crippen molar-refractivity contribution < 1.29 is 9.90 Å². The van der Waals surface area contributed by atoms with Crippen LogP contribution >= 0.6 is 0 Å². The summed E-state index contributed by atoms with van der Waals surface area (Å²) in [6.07, 6.45) is 0. The molecule has 1 saturated heterocycles. The smallest absolute Gasteiger partial charge is 0.324 e. The lowest BCUT2D eigenvalue weighted by molar-refractivity contribution is 0.218. The molecule has 1 aromatic carbocycles. The molecule has 0 radical (unpaired) electrons. The van der Waals surface area contributed by atoms with E-state index in [2.05, 4.69) is 0 Å². The van der Waals surface area contributed by atoms with E-state index in [0.717, 1.165) is 24.3 Å². The predicted octanol–water partition coefficient (Wildman–Crippen LogP) is 1.83. The highest BCUT2D eigenvalue weighted by atomic mass is 16.3. The summed E-state index contributed by atoms with van der Waals surface area (Å²) >= 11 is 0. The molecule has 1 N–H and O–H groups in total. The van der Waals surface area contributed by atoms with Crippen LogP contribution in [0.25, 0.3) is 0 Å². The number of nitrogens with zero attached hydrogens (tertiary/aromatic N) is 2. The molecule has 0 saturated carbocycles. The average Bonchev–Trinajstić information content (AvgIpc) is 2.70. The number of hydrogen-bond acceptors (Lipinski definition) is 2. The van der Waals surface area contributed by atoms with Gasteiger partial charge in [-0.1, -0.05) is 26.0 Å². The van der Waals surface area contributed by atoms with Crippen molar-refractivity contribution in [3.63, 3.8) is 0 Å². The van der Waals surface area contributed by atoms with Crippen molar-refractivity contribution in [3.8, 4) is 0 Å². The summed E-state index contributed by atoms with van der Waals surface area (Å²) in [4.78, 5) is 15.4. The third-order valence-corrected chi connectivity index (χ3v) is 3.55. The molecule has 0 aliphatic carbocycles. The largest absolute Gasteiger partial charge is 0.395 e. The quantitative estimate of drug-likeness (QED) is 0.887. The third kappa shape index (κ3) is 2.20. The van der Waals surface area contributed by atoms with Crippen molar-refractivity contribution in [3.05, 3.63) is 29.8 Å². The van der Waals surface area contributed by atoms with Crippen LogP contribution in [0.15, 0.2) is 24.3 Å². The standard InChI is InChI=1S/C14H20N2O2/c1-14(2,10-17)11-5-4-6-12(9-11)16-8-7-15(3)13(16)18/h4-6,9,17H,7-8,10H2,1-3H3. The lowest BCUT2D eigenvalue weighted by Gasteiger charge is -2.24. The first-order valence-electron chi connectivity index (χ1n) is 6.20. The molecule has 1 aliphatic rings. The Labute approximate surface area is 108 Å². The molecule has 1 aliphatic heterocycles. The van der Waals surface area contributed by atoms with Crippen molar-refractivity contribution in [2.75, 3.05) is 31.6 Å². The predicted molar refractivity (Wildman–Crippen MR) is 71.9 cm³/mol. The molecule has 0 bridgehead atoms. The van der Waals surface area contributed by atoms with E-state index in [-0.39, 0.29) is 18.1 Å². The van der Waals surface area contributed by atoms with Gasteiger partial charge in [0.2, 0.25) is 0 Å². The Balaban J connectivity index is 2.31. The van der Waals surface area contributed by atoms with Crippen LogP contribution in [-0.2, 0) is 5.41 Å². The Kier molecular flexibility index (Phi) is 3.30. The Hall–Kier alpha value is -1.55. The van der Waals surface area contributed by atoms with Gasteiger partial charge < -0.3 is 10.0 Å². The van der Waals surface area contributed by atoms with Crippen molar-refractivity contribution >= 4 is 11.7 Å². The van der Waals surface area contributed by atoms with Crippen molar-refractivity contribution in [1.29, 1.82) is 0 Å². The van der Waals surface area contributed by atoms with Crippen LogP contribution in [0, 0.1) is 0 Å². The van der Waals surface area contributed by atoms with E-state index in [9.17, 15) is 9.90 Å². The van der Waals surface area contributed by atoms with Gasteiger partial charge in [0.05, 0.1) is 6.61 Å². The van der Waals surface area contributed by atoms with Gasteiger partial charge in [-0.15, -0.1) is 0 Å². The van der Waals surface area contributed by atoms with Gasteiger partial charge in [-0.2, -0.15) is 0 Å². The van der Waals surface area contributed by atoms with Gasteiger partial charge in [0, 0.05) is 31.2 Å². The first-order chi connectivity index (χ1) is 8.45. The second-order valence-corrected chi connectivity index (χ2v) is 5.45. The fourth-order valence-corrected chi connectivity index (χ4v) is 2.07. The number of benzene rings is 1. The average molecular weight is 248 g/mol. The summed E-state index contributed by atoms with van der Waals surface area (Å²) in [6.45, 7) is 5.54. The fourth-order valence-electron chi connectivity index (χ4n) is 2.07. The molecule has 4 heteroatoms. The number of aliphatic hydroxyl groups is 1. The van der Waals surface area contributed by atoms with E-state index in [4.69, 9.17) is 0 Å². The number of anilines is 1. The fraction of sp³-hybridized carbons (Fsp3) is 0.500. The first-order valence-corrected chi connectivity index (χ1v) is 6.20. The number of urea groups is 1. The summed E-state index contributed by atoms with van der Waals surface area (Å²) in [6, 6.07) is 7.90. The Bertz CT molecular complexity index is 457. The van der Waals surface area contributed by atoms with E-state index in [1.54, 1.807) is 9.80 Å². The number of rotatable bonds is 3. The zero-order chi connectivity index (χ0) is 13.3. The second kappa shape index (κ2) is 4.61. The molecule has 1 aromatic rings. The van der Waals surface area contributed by atoms with Crippen LogP contribution < -0.4 is 4.90 Å². The summed E-state index contributed by atoms with van der Waals surface area (Å²) in [5.41, 5.74) is 1.67. The molecule has 0 unspecified atom stereocenters. The van der Waals surface area contributed by atoms with Crippen LogP contribution in [0.1, 0.15) is 19.4 Å². The summed E-state index contributed by atoms with van der Waals surface area (Å²) in [5, 5.41) is 9.41. The monoisotopic (exact) mass is 248 g/mol. The molecule has 0 spiro atoms. The highest BCUT2D eigenvalue weighted by Gasteiger charge is 2.27. The van der Waals surface area contributed by atoms with Crippen LogP contribution in [0.2, 0.25) is 0 Å². The maximum absolute atomic E-state index is 11.9. The molecular weight excluding hydrogens is 228 g/mol. The van der Waals surface area contributed by atoms with Gasteiger partial charge in [-0.05, 0) is 17.7 Å². The van der Waals surface area contributed by atoms with Crippen LogP contribution in [-0.4, -0.2) is 42.8 Å². The molecule has 1 heterocycles. The first kappa shape index (κ1) is 12.9. The number of carbonyl (C=O) groups is 1. The zero-order valence-corrected chi connectivity index (χ0v) is 11.2. The minimum atomic E-state index is -0.287. The van der Waals surface area contributed by atoms with Crippen molar-refractivity contribution in [2.24, 2.45) is 0 Å². The van der Waals surface area contributed by atoms with Crippen molar-refractivity contribution in [1.82, 2.24) is 4.90 Å². The zero-order valence-electron chi connectivity index (χ0n) is 11.2. The Morgan fingerprint density at radius 3 is 2.61 bits per heavy atom. The van der Waals surface area contributed by atoms with Gasteiger partial charge in [-0.3, -0.25) is 4.90 Å². The van der Waals surface area contributed by atoms with E-state index >= 15 is 0 Å². The van der Waals surface area contributed by atoms with Gasteiger partial charge >= 0.3 is 6.03 Å². The lowest BCUT2D eigenvalue weighted by Crippen LogP contribution is -2.29. The normalized spacial score (nSPS) is 16.6. The van der Waals surface area contributed by atoms with E-state index in [1.807, 2.05) is 45.2 Å². The minimum Gasteiger partial charge on any atom is -0.395 e. The number of likely N-dealkylation sites (N-methyl/N-ethyl adjacent to an activating group) is 1. The van der Waals surface area contributed by atoms with Gasteiger partial charge in [0.15, 0.2) is 0 Å². The van der Waals surface area contributed by atoms with Crippen LogP contribution in [0.4, 0.5) is 10.5 Å². The van der Waals surface area contributed by atoms with E-state index in [1.165, 1.54) is 0 Å². The lowest BCUT2D eigenvalue weighted by atomic mass is 9.85. The molecule has 2 amide bonds. The molecule has 4 nitrogen and oxygen atoms in total. The third-order valence-electron chi connectivity index (χ3n) is 3.55. The van der Waals surface area contributed by atoms with Gasteiger partial charge in [0.1, 0.15) is 0 Å². The SMILES string of the molecule is CN1CCN(c2cccc(C(C)(C)CO)c2)C1=O. The minimum absolute atomic E-state index is 0.0361. The summed E-state index contributed by atoms with van der Waals surface area (Å²) in [7, 11) is 1.81. The topological polar surface area (TPSA) is 43.8 Å². The van der Waals surface area contributed by atoms with Gasteiger partial charge in [0.25, 0.3) is 0 Å². The van der Waals surface area contributed by atoms with Crippen molar-refractivity contribution in [2.45, 2.75) is 19.3 Å². The van der Waals surface area contributed by atoms with Gasteiger partial charge in [-0.25, -0.2) is 4.79 Å². The molecular formula is C14H20N2O2. The van der Waals surface area contributed by atoms with E-state index in [0.29, 0.717) is 0 Å². The van der Waals surface area contributed by atoms with Crippen LogP contribution in [0.3, 0.4) is 0 Å². The Morgan fingerprint density at radius 2 is 2.06 bits per heavy atom. The Morgan fingerprint density at radius 1 is 1.33 bits per heavy atom. The highest BCUT2D eigenvalue weighted by Crippen LogP contribution is 2.27. The maximum atomic E-state index is 11.9. The molecule has 2 rings (SSSR count).